The number of hydrogen-bond donors (Lipinski definition) is 1. The number of amides is 1. The van der Waals surface area contributed by atoms with Gasteiger partial charge in [0.15, 0.2) is 11.5 Å². The molecule has 1 amide bonds. The highest BCUT2D eigenvalue weighted by atomic mass is 32.2. The van der Waals surface area contributed by atoms with Gasteiger partial charge in [-0.15, -0.1) is 0 Å². The minimum absolute atomic E-state index is 0.445. The number of nitrogens with one attached hydrogen (secondary N) is 1. The van der Waals surface area contributed by atoms with Crippen LogP contribution in [0, 0.1) is 13.8 Å². The molecule has 1 N–H and O–H groups in total. The van der Waals surface area contributed by atoms with Crippen molar-refractivity contribution in [3.8, 4) is 11.5 Å². The summed E-state index contributed by atoms with van der Waals surface area (Å²) in [7, 11) is -0.663. The van der Waals surface area contributed by atoms with E-state index in [9.17, 15) is 13.2 Å². The van der Waals surface area contributed by atoms with E-state index in [4.69, 9.17) is 9.47 Å². The minimum atomic E-state index is -3.68. The van der Waals surface area contributed by atoms with Gasteiger partial charge in [0.2, 0.25) is 15.9 Å². The number of nitrogens with zero attached hydrogens (tertiary/aromatic N) is 1. The van der Waals surface area contributed by atoms with E-state index in [2.05, 4.69) is 5.32 Å². The van der Waals surface area contributed by atoms with Crippen molar-refractivity contribution in [2.75, 3.05) is 30.1 Å². The van der Waals surface area contributed by atoms with Gasteiger partial charge in [-0.3, -0.25) is 9.10 Å². The topological polar surface area (TPSA) is 84.9 Å². The summed E-state index contributed by atoms with van der Waals surface area (Å²) in [6, 6.07) is 9.28. The second-order valence-corrected chi connectivity index (χ2v) is 8.42. The lowest BCUT2D eigenvalue weighted by Gasteiger charge is -2.28. The summed E-state index contributed by atoms with van der Waals surface area (Å²) in [6.07, 6.45) is 1.09. The third-order valence-electron chi connectivity index (χ3n) is 4.48. The third kappa shape index (κ3) is 4.75. The lowest BCUT2D eigenvalue weighted by molar-refractivity contribution is -0.116. The normalized spacial score (nSPS) is 12.2. The monoisotopic (exact) mass is 406 g/mol. The molecule has 0 bridgehead atoms. The molecule has 152 valence electrons. The zero-order valence-corrected chi connectivity index (χ0v) is 17.8. The molecule has 0 spiro atoms. The Morgan fingerprint density at radius 1 is 1.00 bits per heavy atom. The van der Waals surface area contributed by atoms with Gasteiger partial charge in [-0.05, 0) is 56.2 Å². The molecule has 2 aromatic carbocycles. The second kappa shape index (κ2) is 8.52. The highest BCUT2D eigenvalue weighted by Gasteiger charge is 2.29. The Bertz CT molecular complexity index is 973. The Morgan fingerprint density at radius 2 is 1.64 bits per heavy atom. The predicted octanol–water partition coefficient (Wildman–Crippen LogP) is 3.11. The lowest BCUT2D eigenvalue weighted by atomic mass is 10.1. The Morgan fingerprint density at radius 3 is 2.18 bits per heavy atom. The maximum atomic E-state index is 12.8. The third-order valence-corrected chi connectivity index (χ3v) is 5.73. The molecule has 0 aromatic heterocycles. The van der Waals surface area contributed by atoms with Crippen LogP contribution in [0.5, 0.6) is 11.5 Å². The molecule has 2 rings (SSSR count). The quantitative estimate of drug-likeness (QED) is 0.764. The van der Waals surface area contributed by atoms with Gasteiger partial charge in [-0.1, -0.05) is 6.07 Å². The van der Waals surface area contributed by atoms with Crippen molar-refractivity contribution in [1.29, 1.82) is 0 Å². The SMILES string of the molecule is COc1ccc(NC(=O)[C@@H](C)N(c2ccc(C)c(C)c2)S(C)(=O)=O)cc1OC. The molecular weight excluding hydrogens is 380 g/mol. The number of carbonyl (C=O) groups excluding carboxylic acids is 1. The molecule has 1 atom stereocenters. The molecule has 28 heavy (non-hydrogen) atoms. The van der Waals surface area contributed by atoms with Crippen molar-refractivity contribution in [2.45, 2.75) is 26.8 Å². The molecule has 0 aliphatic rings. The number of benzene rings is 2. The van der Waals surface area contributed by atoms with Crippen LogP contribution in [0.3, 0.4) is 0 Å². The van der Waals surface area contributed by atoms with Crippen molar-refractivity contribution in [1.82, 2.24) is 0 Å². The van der Waals surface area contributed by atoms with Crippen LogP contribution in [0.1, 0.15) is 18.1 Å². The number of methoxy groups -OCH3 is 2. The van der Waals surface area contributed by atoms with Gasteiger partial charge in [0.25, 0.3) is 0 Å². The van der Waals surface area contributed by atoms with Gasteiger partial charge in [0.1, 0.15) is 6.04 Å². The van der Waals surface area contributed by atoms with Crippen molar-refractivity contribution >= 4 is 27.3 Å². The number of carbonyl (C=O) groups is 1. The van der Waals surface area contributed by atoms with Crippen LogP contribution in [0.2, 0.25) is 0 Å². The van der Waals surface area contributed by atoms with E-state index < -0.39 is 22.0 Å². The number of anilines is 2. The highest BCUT2D eigenvalue weighted by Crippen LogP contribution is 2.30. The van der Waals surface area contributed by atoms with Gasteiger partial charge in [0, 0.05) is 11.8 Å². The van der Waals surface area contributed by atoms with E-state index >= 15 is 0 Å². The lowest BCUT2D eigenvalue weighted by Crippen LogP contribution is -2.45. The highest BCUT2D eigenvalue weighted by molar-refractivity contribution is 7.92. The fourth-order valence-electron chi connectivity index (χ4n) is 2.83. The molecule has 0 saturated heterocycles. The molecule has 0 fully saturated rings. The number of aryl methyl sites for hydroxylation is 2. The van der Waals surface area contributed by atoms with E-state index in [1.54, 1.807) is 37.3 Å². The largest absolute Gasteiger partial charge is 0.493 e. The molecule has 2 aromatic rings. The smallest absolute Gasteiger partial charge is 0.247 e. The molecule has 0 aliphatic carbocycles. The standard InChI is InChI=1S/C20H26N2O5S/c1-13-7-9-17(11-14(13)2)22(28(6,24)25)15(3)20(23)21-16-8-10-18(26-4)19(12-16)27-5/h7-12,15H,1-6H3,(H,21,23)/t15-/m1/s1. The number of rotatable bonds is 7. The summed E-state index contributed by atoms with van der Waals surface area (Å²) >= 11 is 0. The molecule has 0 saturated carbocycles. The molecule has 7 nitrogen and oxygen atoms in total. The summed E-state index contributed by atoms with van der Waals surface area (Å²) in [5, 5.41) is 2.74. The summed E-state index contributed by atoms with van der Waals surface area (Å²) < 4.78 is 36.4. The maximum absolute atomic E-state index is 12.8. The maximum Gasteiger partial charge on any atom is 0.247 e. The zero-order chi connectivity index (χ0) is 21.1. The molecule has 0 unspecified atom stereocenters. The van der Waals surface area contributed by atoms with Gasteiger partial charge in [-0.2, -0.15) is 0 Å². The van der Waals surface area contributed by atoms with Gasteiger partial charge >= 0.3 is 0 Å². The first-order valence-corrected chi connectivity index (χ1v) is 10.5. The Balaban J connectivity index is 2.33. The summed E-state index contributed by atoms with van der Waals surface area (Å²) in [6.45, 7) is 5.39. The summed E-state index contributed by atoms with van der Waals surface area (Å²) in [4.78, 5) is 12.8. The van der Waals surface area contributed by atoms with E-state index in [-0.39, 0.29) is 0 Å². The van der Waals surface area contributed by atoms with Gasteiger partial charge in [0.05, 0.1) is 26.2 Å². The average Bonchev–Trinajstić information content (AvgIpc) is 2.63. The van der Waals surface area contributed by atoms with Crippen LogP contribution in [-0.2, 0) is 14.8 Å². The first-order chi connectivity index (χ1) is 13.1. The Labute approximate surface area is 166 Å². The molecule has 0 aliphatic heterocycles. The van der Waals surface area contributed by atoms with E-state index in [1.165, 1.54) is 14.2 Å². The van der Waals surface area contributed by atoms with Crippen LogP contribution in [-0.4, -0.2) is 40.8 Å². The molecular formula is C20H26N2O5S. The fourth-order valence-corrected chi connectivity index (χ4v) is 4.00. The molecule has 8 heteroatoms. The second-order valence-electron chi connectivity index (χ2n) is 6.56. The minimum Gasteiger partial charge on any atom is -0.493 e. The van der Waals surface area contributed by atoms with Crippen molar-refractivity contribution in [3.63, 3.8) is 0 Å². The Hall–Kier alpha value is -2.74. The average molecular weight is 407 g/mol. The molecule has 0 radical (unpaired) electrons. The van der Waals surface area contributed by atoms with Crippen molar-refractivity contribution < 1.29 is 22.7 Å². The molecule has 0 heterocycles. The summed E-state index contributed by atoms with van der Waals surface area (Å²) in [5.41, 5.74) is 2.90. The van der Waals surface area contributed by atoms with Gasteiger partial charge in [-0.25, -0.2) is 8.42 Å². The number of sulfonamides is 1. The van der Waals surface area contributed by atoms with Crippen LogP contribution in [0.4, 0.5) is 11.4 Å². The van der Waals surface area contributed by atoms with Crippen LogP contribution in [0.25, 0.3) is 0 Å². The van der Waals surface area contributed by atoms with Crippen LogP contribution < -0.4 is 19.1 Å². The number of hydrogen-bond acceptors (Lipinski definition) is 5. The first-order valence-electron chi connectivity index (χ1n) is 8.68. The number of ether oxygens (including phenoxy) is 2. The van der Waals surface area contributed by atoms with E-state index in [0.717, 1.165) is 21.7 Å². The van der Waals surface area contributed by atoms with Crippen molar-refractivity contribution in [3.05, 3.63) is 47.5 Å². The first kappa shape index (κ1) is 21.6. The zero-order valence-electron chi connectivity index (χ0n) is 16.9. The summed E-state index contributed by atoms with van der Waals surface area (Å²) in [5.74, 6) is 0.527. The van der Waals surface area contributed by atoms with Crippen molar-refractivity contribution in [2.24, 2.45) is 0 Å². The van der Waals surface area contributed by atoms with Crippen LogP contribution in [0.15, 0.2) is 36.4 Å². The fraction of sp³-hybridized carbons (Fsp3) is 0.350. The van der Waals surface area contributed by atoms with E-state index in [1.807, 2.05) is 19.9 Å². The Kier molecular flexibility index (Phi) is 6.56. The van der Waals surface area contributed by atoms with Gasteiger partial charge < -0.3 is 14.8 Å². The van der Waals surface area contributed by atoms with Crippen LogP contribution >= 0.6 is 0 Å². The predicted molar refractivity (Wildman–Crippen MR) is 111 cm³/mol. The van der Waals surface area contributed by atoms with E-state index in [0.29, 0.717) is 22.9 Å².